The SMILES string of the molecule is Cc1ccc(COc2ccc3c(c2)OCC(c2cccc(C)c2)C3c2ccc(OS(C)(=O)=O)cc2)cc1. The number of rotatable bonds is 7. The van der Waals surface area contributed by atoms with Crippen LogP contribution in [-0.2, 0) is 16.7 Å². The molecule has 0 fully saturated rings. The summed E-state index contributed by atoms with van der Waals surface area (Å²) in [6, 6.07) is 30.1. The number of hydrogen-bond donors (Lipinski definition) is 0. The fourth-order valence-electron chi connectivity index (χ4n) is 4.84. The lowest BCUT2D eigenvalue weighted by molar-refractivity contribution is 0.245. The second-order valence-electron chi connectivity index (χ2n) is 9.64. The van der Waals surface area contributed by atoms with Crippen LogP contribution >= 0.6 is 0 Å². The largest absolute Gasteiger partial charge is 0.492 e. The molecule has 1 heterocycles. The van der Waals surface area contributed by atoms with E-state index in [0.29, 0.717) is 19.0 Å². The van der Waals surface area contributed by atoms with E-state index in [2.05, 4.69) is 68.4 Å². The van der Waals surface area contributed by atoms with Crippen molar-refractivity contribution in [1.82, 2.24) is 0 Å². The van der Waals surface area contributed by atoms with Crippen LogP contribution in [0.4, 0.5) is 0 Å². The number of aryl methyl sites for hydroxylation is 2. The summed E-state index contributed by atoms with van der Waals surface area (Å²) in [6.45, 7) is 5.16. The standard InChI is InChI=1S/C31H30O5S/c1-21-7-9-23(10-8-21)19-34-27-15-16-28-30(18-27)35-20-29(25-6-4-5-22(2)17-25)31(28)24-11-13-26(14-12-24)36-37(3,32)33/h4-18,29,31H,19-20H2,1-3H3. The summed E-state index contributed by atoms with van der Waals surface area (Å²) in [5, 5.41) is 0. The van der Waals surface area contributed by atoms with Gasteiger partial charge in [0, 0.05) is 23.5 Å². The first-order valence-corrected chi connectivity index (χ1v) is 14.1. The Bertz CT molecular complexity index is 1490. The highest BCUT2D eigenvalue weighted by molar-refractivity contribution is 7.86. The first-order chi connectivity index (χ1) is 17.7. The van der Waals surface area contributed by atoms with Crippen LogP contribution in [-0.4, -0.2) is 21.3 Å². The predicted octanol–water partition coefficient (Wildman–Crippen LogP) is 6.53. The van der Waals surface area contributed by atoms with E-state index >= 15 is 0 Å². The zero-order valence-electron chi connectivity index (χ0n) is 21.2. The van der Waals surface area contributed by atoms with Crippen molar-refractivity contribution in [3.63, 3.8) is 0 Å². The molecule has 4 aromatic carbocycles. The van der Waals surface area contributed by atoms with Gasteiger partial charge in [0.2, 0.25) is 0 Å². The van der Waals surface area contributed by atoms with E-state index in [-0.39, 0.29) is 11.8 Å². The molecule has 4 aromatic rings. The first kappa shape index (κ1) is 24.9. The van der Waals surface area contributed by atoms with Crippen molar-refractivity contribution in [2.75, 3.05) is 12.9 Å². The highest BCUT2D eigenvalue weighted by Crippen LogP contribution is 2.47. The fraction of sp³-hybridized carbons (Fsp3) is 0.226. The van der Waals surface area contributed by atoms with Crippen LogP contribution in [0.5, 0.6) is 17.2 Å². The van der Waals surface area contributed by atoms with Gasteiger partial charge in [0.1, 0.15) is 23.9 Å². The zero-order chi connectivity index (χ0) is 26.0. The topological polar surface area (TPSA) is 61.8 Å². The molecule has 6 heteroatoms. The average Bonchev–Trinajstić information content (AvgIpc) is 2.87. The van der Waals surface area contributed by atoms with Gasteiger partial charge in [-0.15, -0.1) is 0 Å². The van der Waals surface area contributed by atoms with Gasteiger partial charge in [0.25, 0.3) is 0 Å². The molecule has 2 atom stereocenters. The number of ether oxygens (including phenoxy) is 2. The summed E-state index contributed by atoms with van der Waals surface area (Å²) in [5.41, 5.74) is 6.85. The molecule has 0 saturated heterocycles. The molecule has 5 rings (SSSR count). The van der Waals surface area contributed by atoms with Gasteiger partial charge in [-0.3, -0.25) is 0 Å². The Balaban J connectivity index is 1.47. The summed E-state index contributed by atoms with van der Waals surface area (Å²) >= 11 is 0. The monoisotopic (exact) mass is 514 g/mol. The van der Waals surface area contributed by atoms with Gasteiger partial charge in [-0.05, 0) is 48.7 Å². The maximum Gasteiger partial charge on any atom is 0.306 e. The molecule has 0 amide bonds. The summed E-state index contributed by atoms with van der Waals surface area (Å²) in [5.74, 6) is 1.96. The molecule has 0 saturated carbocycles. The van der Waals surface area contributed by atoms with E-state index in [9.17, 15) is 8.42 Å². The molecule has 1 aliphatic rings. The first-order valence-electron chi connectivity index (χ1n) is 12.3. The third-order valence-corrected chi connectivity index (χ3v) is 7.12. The Morgan fingerprint density at radius 2 is 1.54 bits per heavy atom. The van der Waals surface area contributed by atoms with Crippen molar-refractivity contribution in [1.29, 1.82) is 0 Å². The third kappa shape index (κ3) is 5.97. The fourth-order valence-corrected chi connectivity index (χ4v) is 5.30. The Kier molecular flexibility index (Phi) is 6.94. The quantitative estimate of drug-likeness (QED) is 0.263. The lowest BCUT2D eigenvalue weighted by Gasteiger charge is -2.35. The molecule has 0 radical (unpaired) electrons. The molecule has 190 valence electrons. The summed E-state index contributed by atoms with van der Waals surface area (Å²) in [6.07, 6.45) is 1.04. The van der Waals surface area contributed by atoms with Gasteiger partial charge in [-0.1, -0.05) is 77.9 Å². The Morgan fingerprint density at radius 1 is 0.811 bits per heavy atom. The van der Waals surface area contributed by atoms with E-state index in [1.165, 1.54) is 16.7 Å². The highest BCUT2D eigenvalue weighted by atomic mass is 32.2. The normalized spacial score (nSPS) is 16.9. The van der Waals surface area contributed by atoms with Crippen LogP contribution < -0.4 is 13.7 Å². The van der Waals surface area contributed by atoms with Crippen molar-refractivity contribution < 1.29 is 22.1 Å². The van der Waals surface area contributed by atoms with Crippen LogP contribution in [0.1, 0.15) is 45.2 Å². The van der Waals surface area contributed by atoms with Gasteiger partial charge < -0.3 is 13.7 Å². The van der Waals surface area contributed by atoms with Crippen molar-refractivity contribution >= 4 is 10.1 Å². The third-order valence-electron chi connectivity index (χ3n) is 6.62. The lowest BCUT2D eigenvalue weighted by atomic mass is 9.75. The van der Waals surface area contributed by atoms with Gasteiger partial charge in [0.05, 0.1) is 12.9 Å². The van der Waals surface area contributed by atoms with Crippen LogP contribution in [0.3, 0.4) is 0 Å². The van der Waals surface area contributed by atoms with Crippen LogP contribution in [0.2, 0.25) is 0 Å². The minimum absolute atomic E-state index is 0.0176. The maximum absolute atomic E-state index is 11.6. The molecular formula is C31H30O5S. The molecule has 0 bridgehead atoms. The van der Waals surface area contributed by atoms with Crippen LogP contribution in [0.25, 0.3) is 0 Å². The molecular weight excluding hydrogens is 484 g/mol. The smallest absolute Gasteiger partial charge is 0.306 e. The molecule has 0 aromatic heterocycles. The van der Waals surface area contributed by atoms with E-state index in [1.54, 1.807) is 12.1 Å². The molecule has 2 unspecified atom stereocenters. The lowest BCUT2D eigenvalue weighted by Crippen LogP contribution is -2.25. The highest BCUT2D eigenvalue weighted by Gasteiger charge is 2.34. The summed E-state index contributed by atoms with van der Waals surface area (Å²) in [7, 11) is -3.59. The molecule has 0 N–H and O–H groups in total. The van der Waals surface area contributed by atoms with Crippen LogP contribution in [0, 0.1) is 13.8 Å². The number of fused-ring (bicyclic) bond motifs is 1. The van der Waals surface area contributed by atoms with E-state index in [1.807, 2.05) is 24.3 Å². The van der Waals surface area contributed by atoms with Crippen molar-refractivity contribution in [2.45, 2.75) is 32.3 Å². The second kappa shape index (κ2) is 10.3. The van der Waals surface area contributed by atoms with Gasteiger partial charge in [-0.2, -0.15) is 8.42 Å². The molecule has 5 nitrogen and oxygen atoms in total. The Morgan fingerprint density at radius 3 is 2.24 bits per heavy atom. The van der Waals surface area contributed by atoms with E-state index < -0.39 is 10.1 Å². The Hall–Kier alpha value is -3.77. The number of hydrogen-bond acceptors (Lipinski definition) is 5. The minimum atomic E-state index is -3.59. The molecule has 1 aliphatic heterocycles. The molecule has 37 heavy (non-hydrogen) atoms. The Labute approximate surface area is 218 Å². The maximum atomic E-state index is 11.6. The van der Waals surface area contributed by atoms with E-state index in [0.717, 1.165) is 34.4 Å². The summed E-state index contributed by atoms with van der Waals surface area (Å²) in [4.78, 5) is 0. The van der Waals surface area contributed by atoms with Gasteiger partial charge >= 0.3 is 10.1 Å². The second-order valence-corrected chi connectivity index (χ2v) is 11.2. The van der Waals surface area contributed by atoms with Crippen molar-refractivity contribution in [3.05, 3.63) is 124 Å². The minimum Gasteiger partial charge on any atom is -0.492 e. The van der Waals surface area contributed by atoms with Gasteiger partial charge in [-0.25, -0.2) is 0 Å². The average molecular weight is 515 g/mol. The summed E-state index contributed by atoms with van der Waals surface area (Å²) < 4.78 is 40.5. The van der Waals surface area contributed by atoms with E-state index in [4.69, 9.17) is 13.7 Å². The molecule has 0 spiro atoms. The predicted molar refractivity (Wildman–Crippen MR) is 145 cm³/mol. The van der Waals surface area contributed by atoms with Crippen molar-refractivity contribution in [2.24, 2.45) is 0 Å². The zero-order valence-corrected chi connectivity index (χ0v) is 22.0. The van der Waals surface area contributed by atoms with Gasteiger partial charge in [0.15, 0.2) is 0 Å². The molecule has 0 aliphatic carbocycles. The number of benzene rings is 4. The van der Waals surface area contributed by atoms with Crippen LogP contribution in [0.15, 0.2) is 91.0 Å². The van der Waals surface area contributed by atoms with Crippen molar-refractivity contribution in [3.8, 4) is 17.2 Å².